The highest BCUT2D eigenvalue weighted by Gasteiger charge is 2.22. The quantitative estimate of drug-likeness (QED) is 0.339. The maximum atomic E-state index is 11.6. The van der Waals surface area contributed by atoms with E-state index in [1.807, 2.05) is 6.92 Å². The summed E-state index contributed by atoms with van der Waals surface area (Å²) in [4.78, 5) is 33.7. The summed E-state index contributed by atoms with van der Waals surface area (Å²) in [6, 6.07) is 0. The van der Waals surface area contributed by atoms with Crippen molar-refractivity contribution in [3.8, 4) is 0 Å². The fraction of sp³-hybridized carbons (Fsp3) is 0.643. The van der Waals surface area contributed by atoms with Gasteiger partial charge in [0, 0.05) is 12.2 Å². The molecule has 2 N–H and O–H groups in total. The molecule has 0 aliphatic rings. The van der Waals surface area contributed by atoms with Crippen LogP contribution in [0.2, 0.25) is 0 Å². The van der Waals surface area contributed by atoms with E-state index in [9.17, 15) is 14.4 Å². The standard InChI is InChI=1S/C14H22O7/c1-3-5-10(13(16)17)11(14(18)19)9-12(15)21-8-7-20-6-4-2/h3-9H2,1-2H3,(H,16,17)(H,18,19)/b11-10+. The molecule has 0 aliphatic carbocycles. The van der Waals surface area contributed by atoms with Gasteiger partial charge >= 0.3 is 17.9 Å². The average molecular weight is 302 g/mol. The monoisotopic (exact) mass is 302 g/mol. The first kappa shape index (κ1) is 19.1. The summed E-state index contributed by atoms with van der Waals surface area (Å²) in [7, 11) is 0. The van der Waals surface area contributed by atoms with Crippen LogP contribution in [0, 0.1) is 0 Å². The molecule has 7 heteroatoms. The van der Waals surface area contributed by atoms with Crippen LogP contribution in [0.5, 0.6) is 0 Å². The van der Waals surface area contributed by atoms with Gasteiger partial charge in [0.2, 0.25) is 0 Å². The van der Waals surface area contributed by atoms with Gasteiger partial charge < -0.3 is 19.7 Å². The van der Waals surface area contributed by atoms with E-state index >= 15 is 0 Å². The Morgan fingerprint density at radius 3 is 1.95 bits per heavy atom. The largest absolute Gasteiger partial charge is 0.478 e. The Hall–Kier alpha value is -1.89. The number of esters is 1. The fourth-order valence-electron chi connectivity index (χ4n) is 1.60. The molecule has 0 rings (SSSR count). The van der Waals surface area contributed by atoms with Gasteiger partial charge in [-0.05, 0) is 12.8 Å². The topological polar surface area (TPSA) is 110 Å². The van der Waals surface area contributed by atoms with Crippen LogP contribution in [0.1, 0.15) is 39.5 Å². The predicted molar refractivity (Wildman–Crippen MR) is 73.9 cm³/mol. The lowest BCUT2D eigenvalue weighted by molar-refractivity contribution is -0.146. The molecule has 0 saturated carbocycles. The third-order valence-electron chi connectivity index (χ3n) is 2.54. The van der Waals surface area contributed by atoms with Crippen molar-refractivity contribution >= 4 is 17.9 Å². The van der Waals surface area contributed by atoms with Crippen molar-refractivity contribution in [1.29, 1.82) is 0 Å². The minimum atomic E-state index is -1.42. The Morgan fingerprint density at radius 1 is 0.857 bits per heavy atom. The zero-order valence-corrected chi connectivity index (χ0v) is 12.4. The molecule has 0 aromatic rings. The molecule has 0 fully saturated rings. The van der Waals surface area contributed by atoms with E-state index in [0.29, 0.717) is 13.0 Å². The van der Waals surface area contributed by atoms with Crippen LogP contribution in [0.4, 0.5) is 0 Å². The van der Waals surface area contributed by atoms with Gasteiger partial charge in [-0.3, -0.25) is 4.79 Å². The van der Waals surface area contributed by atoms with Gasteiger partial charge in [-0.15, -0.1) is 0 Å². The van der Waals surface area contributed by atoms with Gasteiger partial charge in [0.1, 0.15) is 6.61 Å². The molecule has 0 aromatic carbocycles. The van der Waals surface area contributed by atoms with Gasteiger partial charge in [0.15, 0.2) is 0 Å². The second kappa shape index (κ2) is 10.8. The summed E-state index contributed by atoms with van der Waals surface area (Å²) in [5, 5.41) is 18.1. The van der Waals surface area contributed by atoms with E-state index in [4.69, 9.17) is 19.7 Å². The number of carbonyl (C=O) groups excluding carboxylic acids is 1. The molecular formula is C14H22O7. The van der Waals surface area contributed by atoms with Crippen LogP contribution in [0.25, 0.3) is 0 Å². The molecule has 0 heterocycles. The normalized spacial score (nSPS) is 11.7. The number of rotatable bonds is 11. The van der Waals surface area contributed by atoms with Crippen molar-refractivity contribution in [2.24, 2.45) is 0 Å². The number of hydrogen-bond donors (Lipinski definition) is 2. The van der Waals surface area contributed by atoms with Crippen LogP contribution in [-0.4, -0.2) is 47.9 Å². The minimum Gasteiger partial charge on any atom is -0.478 e. The second-order valence-corrected chi connectivity index (χ2v) is 4.33. The molecule has 0 amide bonds. The fourth-order valence-corrected chi connectivity index (χ4v) is 1.60. The molecular weight excluding hydrogens is 280 g/mol. The van der Waals surface area contributed by atoms with E-state index in [1.165, 1.54) is 0 Å². The van der Waals surface area contributed by atoms with E-state index in [-0.39, 0.29) is 25.2 Å². The highest BCUT2D eigenvalue weighted by Crippen LogP contribution is 2.16. The predicted octanol–water partition coefficient (Wildman–Crippen LogP) is 1.61. The summed E-state index contributed by atoms with van der Waals surface area (Å²) >= 11 is 0. The van der Waals surface area contributed by atoms with Crippen molar-refractivity contribution in [3.05, 3.63) is 11.1 Å². The van der Waals surface area contributed by atoms with Crippen molar-refractivity contribution in [2.45, 2.75) is 39.5 Å². The molecule has 0 atom stereocenters. The average Bonchev–Trinajstić information content (AvgIpc) is 2.41. The molecule has 0 unspecified atom stereocenters. The molecule has 0 radical (unpaired) electrons. The van der Waals surface area contributed by atoms with Gasteiger partial charge in [-0.2, -0.15) is 0 Å². The summed E-state index contributed by atoms with van der Waals surface area (Å²) in [6.45, 7) is 4.47. The molecule has 0 spiro atoms. The van der Waals surface area contributed by atoms with E-state index in [0.717, 1.165) is 6.42 Å². The van der Waals surface area contributed by atoms with Crippen molar-refractivity contribution in [2.75, 3.05) is 19.8 Å². The lowest BCUT2D eigenvalue weighted by Gasteiger charge is -2.09. The molecule has 0 aliphatic heterocycles. The van der Waals surface area contributed by atoms with Gasteiger partial charge in [-0.25, -0.2) is 9.59 Å². The third-order valence-corrected chi connectivity index (χ3v) is 2.54. The van der Waals surface area contributed by atoms with Crippen molar-refractivity contribution in [3.63, 3.8) is 0 Å². The Kier molecular flexibility index (Phi) is 9.87. The van der Waals surface area contributed by atoms with Crippen LogP contribution in [0.15, 0.2) is 11.1 Å². The van der Waals surface area contributed by atoms with Gasteiger partial charge in [0.25, 0.3) is 0 Å². The number of carboxylic acid groups (broad SMARTS) is 2. The Bertz CT molecular complexity index is 398. The van der Waals surface area contributed by atoms with Crippen LogP contribution >= 0.6 is 0 Å². The minimum absolute atomic E-state index is 0.0158. The van der Waals surface area contributed by atoms with E-state index in [1.54, 1.807) is 6.92 Å². The number of carbonyl (C=O) groups is 3. The number of hydrogen-bond acceptors (Lipinski definition) is 5. The summed E-state index contributed by atoms with van der Waals surface area (Å²) in [6.07, 6.45) is 0.839. The summed E-state index contributed by atoms with van der Waals surface area (Å²) < 4.78 is 9.93. The molecule has 7 nitrogen and oxygen atoms in total. The molecule has 0 bridgehead atoms. The number of ether oxygens (including phenoxy) is 2. The van der Waals surface area contributed by atoms with Crippen LogP contribution < -0.4 is 0 Å². The first-order chi connectivity index (χ1) is 9.93. The molecule has 21 heavy (non-hydrogen) atoms. The highest BCUT2D eigenvalue weighted by atomic mass is 16.6. The Labute approximate surface area is 123 Å². The summed E-state index contributed by atoms with van der Waals surface area (Å²) in [5.41, 5.74) is -0.687. The van der Waals surface area contributed by atoms with Crippen molar-refractivity contribution in [1.82, 2.24) is 0 Å². The highest BCUT2D eigenvalue weighted by molar-refractivity contribution is 6.01. The Morgan fingerprint density at radius 2 is 1.48 bits per heavy atom. The Balaban J connectivity index is 4.63. The van der Waals surface area contributed by atoms with Crippen LogP contribution in [-0.2, 0) is 23.9 Å². The number of carboxylic acids is 2. The van der Waals surface area contributed by atoms with E-state index < -0.39 is 29.9 Å². The lowest BCUT2D eigenvalue weighted by atomic mass is 10.0. The van der Waals surface area contributed by atoms with Gasteiger partial charge in [-0.1, -0.05) is 20.3 Å². The smallest absolute Gasteiger partial charge is 0.332 e. The second-order valence-electron chi connectivity index (χ2n) is 4.33. The molecule has 120 valence electrons. The van der Waals surface area contributed by atoms with E-state index in [2.05, 4.69) is 0 Å². The molecule has 0 saturated heterocycles. The SMILES string of the molecule is CCCOCCOC(=O)C/C(C(=O)O)=C(/CCC)C(=O)O. The summed E-state index contributed by atoms with van der Waals surface area (Å²) in [5.74, 6) is -3.52. The lowest BCUT2D eigenvalue weighted by Crippen LogP contribution is -2.17. The van der Waals surface area contributed by atoms with Gasteiger partial charge in [0.05, 0.1) is 18.6 Å². The maximum Gasteiger partial charge on any atom is 0.332 e. The zero-order valence-electron chi connectivity index (χ0n) is 12.4. The zero-order chi connectivity index (χ0) is 16.3. The number of aliphatic carboxylic acids is 2. The van der Waals surface area contributed by atoms with Crippen LogP contribution in [0.3, 0.4) is 0 Å². The molecule has 0 aromatic heterocycles. The maximum absolute atomic E-state index is 11.6. The first-order valence-corrected chi connectivity index (χ1v) is 6.85. The third kappa shape index (κ3) is 8.09. The van der Waals surface area contributed by atoms with Crippen molar-refractivity contribution < 1.29 is 34.1 Å². The first-order valence-electron chi connectivity index (χ1n) is 6.85.